The summed E-state index contributed by atoms with van der Waals surface area (Å²) < 4.78 is 17.6. The summed E-state index contributed by atoms with van der Waals surface area (Å²) in [6.07, 6.45) is 0.737. The summed E-state index contributed by atoms with van der Waals surface area (Å²) in [5, 5.41) is 3.24. The third kappa shape index (κ3) is 2.85. The molecule has 3 rings (SSSR count). The van der Waals surface area contributed by atoms with E-state index in [1.807, 2.05) is 24.3 Å². The van der Waals surface area contributed by atoms with Crippen LogP contribution in [0.3, 0.4) is 0 Å². The van der Waals surface area contributed by atoms with Crippen molar-refractivity contribution < 1.29 is 19.0 Å². The van der Waals surface area contributed by atoms with E-state index in [9.17, 15) is 4.79 Å². The predicted molar refractivity (Wildman–Crippen MR) is 80.0 cm³/mol. The van der Waals surface area contributed by atoms with Gasteiger partial charge in [-0.15, -0.1) is 0 Å². The van der Waals surface area contributed by atoms with Crippen molar-refractivity contribution in [1.29, 1.82) is 0 Å². The molecule has 2 heterocycles. The minimum atomic E-state index is -0.597. The lowest BCUT2D eigenvalue weighted by molar-refractivity contribution is -0.154. The normalized spacial score (nSPS) is 26.6. The second kappa shape index (κ2) is 5.68. The molecule has 0 aromatic heterocycles. The second-order valence-corrected chi connectivity index (χ2v) is 6.54. The molecule has 0 aliphatic carbocycles. The highest BCUT2D eigenvalue weighted by Crippen LogP contribution is 2.45. The smallest absolute Gasteiger partial charge is 0.331 e. The van der Waals surface area contributed by atoms with Crippen LogP contribution in [0.4, 0.5) is 0 Å². The molecule has 114 valence electrons. The standard InChI is InChI=1S/C15H18BrNO4/c1-19-13(18)6-20-15(11-3-2-4-12(16)5-11)7-14(21-10-15)8-17-9-14/h2-5,17H,6-10H2,1H3. The highest BCUT2D eigenvalue weighted by molar-refractivity contribution is 9.10. The van der Waals surface area contributed by atoms with E-state index < -0.39 is 5.60 Å². The maximum atomic E-state index is 11.4. The van der Waals surface area contributed by atoms with E-state index in [2.05, 4.69) is 26.0 Å². The molecule has 2 saturated heterocycles. The van der Waals surface area contributed by atoms with Crippen molar-refractivity contribution in [3.05, 3.63) is 34.3 Å². The van der Waals surface area contributed by atoms with Crippen molar-refractivity contribution >= 4 is 21.9 Å². The van der Waals surface area contributed by atoms with Gasteiger partial charge in [0, 0.05) is 24.0 Å². The van der Waals surface area contributed by atoms with Gasteiger partial charge >= 0.3 is 5.97 Å². The predicted octanol–water partition coefficient (Wildman–Crippen LogP) is 1.60. The Kier molecular flexibility index (Phi) is 4.05. The van der Waals surface area contributed by atoms with E-state index in [1.165, 1.54) is 7.11 Å². The fourth-order valence-electron chi connectivity index (χ4n) is 2.91. The van der Waals surface area contributed by atoms with Gasteiger partial charge in [-0.2, -0.15) is 0 Å². The molecule has 1 atom stereocenters. The Balaban J connectivity index is 1.86. The molecule has 0 bridgehead atoms. The fraction of sp³-hybridized carbons (Fsp3) is 0.533. The number of rotatable bonds is 4. The highest BCUT2D eigenvalue weighted by Gasteiger charge is 2.54. The molecule has 2 aliphatic rings. The summed E-state index contributed by atoms with van der Waals surface area (Å²) in [7, 11) is 1.36. The van der Waals surface area contributed by atoms with Crippen LogP contribution in [0.2, 0.25) is 0 Å². The molecule has 5 nitrogen and oxygen atoms in total. The summed E-state index contributed by atoms with van der Waals surface area (Å²) in [5.74, 6) is -0.378. The first-order valence-corrected chi connectivity index (χ1v) is 7.68. The average Bonchev–Trinajstić information content (AvgIpc) is 2.86. The Morgan fingerprint density at radius 2 is 2.29 bits per heavy atom. The molecule has 1 aromatic carbocycles. The minimum absolute atomic E-state index is 0.0735. The molecule has 0 saturated carbocycles. The lowest BCUT2D eigenvalue weighted by Crippen LogP contribution is -2.59. The monoisotopic (exact) mass is 355 g/mol. The van der Waals surface area contributed by atoms with Crippen LogP contribution >= 0.6 is 15.9 Å². The molecule has 1 spiro atoms. The van der Waals surface area contributed by atoms with Crippen molar-refractivity contribution in [2.75, 3.05) is 33.4 Å². The van der Waals surface area contributed by atoms with Crippen molar-refractivity contribution in [3.8, 4) is 0 Å². The van der Waals surface area contributed by atoms with Gasteiger partial charge in [-0.25, -0.2) is 4.79 Å². The van der Waals surface area contributed by atoms with E-state index >= 15 is 0 Å². The molecule has 1 aromatic rings. The van der Waals surface area contributed by atoms with Crippen LogP contribution in [0.25, 0.3) is 0 Å². The van der Waals surface area contributed by atoms with Gasteiger partial charge in [0.25, 0.3) is 0 Å². The average molecular weight is 356 g/mol. The molecule has 1 unspecified atom stereocenters. The lowest BCUT2D eigenvalue weighted by Gasteiger charge is -2.39. The van der Waals surface area contributed by atoms with Crippen LogP contribution in [-0.4, -0.2) is 45.0 Å². The van der Waals surface area contributed by atoms with Crippen molar-refractivity contribution in [1.82, 2.24) is 5.32 Å². The topological polar surface area (TPSA) is 56.8 Å². The van der Waals surface area contributed by atoms with Gasteiger partial charge in [0.15, 0.2) is 0 Å². The van der Waals surface area contributed by atoms with Gasteiger partial charge in [0.2, 0.25) is 0 Å². The summed E-state index contributed by atoms with van der Waals surface area (Å²) in [6, 6.07) is 7.96. The van der Waals surface area contributed by atoms with E-state index in [4.69, 9.17) is 9.47 Å². The Hall–Kier alpha value is -0.950. The molecule has 2 aliphatic heterocycles. The fourth-order valence-corrected chi connectivity index (χ4v) is 3.31. The first-order valence-electron chi connectivity index (χ1n) is 6.89. The molecule has 2 fully saturated rings. The van der Waals surface area contributed by atoms with E-state index in [0.29, 0.717) is 6.61 Å². The van der Waals surface area contributed by atoms with E-state index in [1.54, 1.807) is 0 Å². The molecular formula is C15H18BrNO4. The van der Waals surface area contributed by atoms with Gasteiger partial charge in [0.1, 0.15) is 12.2 Å². The van der Waals surface area contributed by atoms with Gasteiger partial charge in [-0.1, -0.05) is 28.1 Å². The second-order valence-electron chi connectivity index (χ2n) is 5.62. The molecule has 6 heteroatoms. The third-order valence-electron chi connectivity index (χ3n) is 4.16. The number of ether oxygens (including phenoxy) is 3. The Labute approximate surface area is 132 Å². The molecule has 0 amide bonds. The van der Waals surface area contributed by atoms with E-state index in [0.717, 1.165) is 29.5 Å². The summed E-state index contributed by atoms with van der Waals surface area (Å²) in [6.45, 7) is 2.02. The number of nitrogens with one attached hydrogen (secondary N) is 1. The van der Waals surface area contributed by atoms with Gasteiger partial charge < -0.3 is 19.5 Å². The maximum Gasteiger partial charge on any atom is 0.331 e. The molecular weight excluding hydrogens is 338 g/mol. The van der Waals surface area contributed by atoms with Crippen molar-refractivity contribution in [3.63, 3.8) is 0 Å². The van der Waals surface area contributed by atoms with E-state index in [-0.39, 0.29) is 18.2 Å². The summed E-state index contributed by atoms with van der Waals surface area (Å²) >= 11 is 3.49. The SMILES string of the molecule is COC(=O)COC1(c2cccc(Br)c2)COC2(CNC2)C1. The number of hydrogen-bond donors (Lipinski definition) is 1. The van der Waals surface area contributed by atoms with Crippen molar-refractivity contribution in [2.24, 2.45) is 0 Å². The Bertz CT molecular complexity index is 546. The number of halogens is 1. The van der Waals surface area contributed by atoms with Gasteiger partial charge in [0.05, 0.1) is 19.3 Å². The molecule has 0 radical (unpaired) electrons. The quantitative estimate of drug-likeness (QED) is 0.831. The summed E-state index contributed by atoms with van der Waals surface area (Å²) in [4.78, 5) is 11.4. The largest absolute Gasteiger partial charge is 0.467 e. The Morgan fingerprint density at radius 3 is 2.86 bits per heavy atom. The van der Waals surface area contributed by atoms with Crippen LogP contribution in [0.1, 0.15) is 12.0 Å². The maximum absolute atomic E-state index is 11.4. The lowest BCUT2D eigenvalue weighted by atomic mass is 9.82. The molecule has 1 N–H and O–H groups in total. The van der Waals surface area contributed by atoms with Crippen LogP contribution < -0.4 is 5.32 Å². The van der Waals surface area contributed by atoms with Gasteiger partial charge in [-0.05, 0) is 17.7 Å². The number of hydrogen-bond acceptors (Lipinski definition) is 5. The van der Waals surface area contributed by atoms with Gasteiger partial charge in [-0.3, -0.25) is 0 Å². The van der Waals surface area contributed by atoms with Crippen LogP contribution in [0, 0.1) is 0 Å². The third-order valence-corrected chi connectivity index (χ3v) is 4.65. The first kappa shape index (κ1) is 15.0. The Morgan fingerprint density at radius 1 is 1.48 bits per heavy atom. The molecule has 21 heavy (non-hydrogen) atoms. The zero-order valence-corrected chi connectivity index (χ0v) is 13.4. The number of esters is 1. The summed E-state index contributed by atoms with van der Waals surface area (Å²) in [5.41, 5.74) is 0.253. The van der Waals surface area contributed by atoms with Crippen LogP contribution in [0.15, 0.2) is 28.7 Å². The van der Waals surface area contributed by atoms with Crippen LogP contribution in [0.5, 0.6) is 0 Å². The highest BCUT2D eigenvalue weighted by atomic mass is 79.9. The number of methoxy groups -OCH3 is 1. The number of carbonyl (C=O) groups excluding carboxylic acids is 1. The minimum Gasteiger partial charge on any atom is -0.467 e. The zero-order valence-electron chi connectivity index (χ0n) is 11.9. The zero-order chi connectivity index (χ0) is 14.9. The van der Waals surface area contributed by atoms with Crippen LogP contribution in [-0.2, 0) is 24.6 Å². The van der Waals surface area contributed by atoms with Crippen molar-refractivity contribution in [2.45, 2.75) is 17.6 Å². The number of benzene rings is 1. The first-order chi connectivity index (χ1) is 10.1. The number of carbonyl (C=O) groups is 1.